The van der Waals surface area contributed by atoms with Crippen molar-refractivity contribution >= 4 is 59.2 Å². The number of aliphatic hydroxyl groups excluding tert-OH is 2. The van der Waals surface area contributed by atoms with Gasteiger partial charge in [0.2, 0.25) is 47.3 Å². The lowest BCUT2D eigenvalue weighted by atomic mass is 9.98. The number of imidazole rings is 1. The van der Waals surface area contributed by atoms with Crippen LogP contribution in [0, 0.1) is 17.8 Å². The van der Waals surface area contributed by atoms with E-state index in [1.165, 1.54) is 12.5 Å². The first-order chi connectivity index (χ1) is 32.7. The second-order valence-corrected chi connectivity index (χ2v) is 18.0. The molecular weight excluding hydrogens is 919 g/mol. The Morgan fingerprint density at radius 1 is 0.586 bits per heavy atom. The zero-order valence-electron chi connectivity index (χ0n) is 40.5. The van der Waals surface area contributed by atoms with Gasteiger partial charge < -0.3 is 73.7 Å². The first-order valence-corrected chi connectivity index (χ1v) is 22.7. The SMILES string of the molecule is CC(C)C[C@H](NC(=O)[C@@H](NC(=O)[C@@H](N)C(C)C)C(C)C)C(=O)N[C@@H](Cc1cnc[nH]1)C(=O)N[C@@H](CO)C(=O)N[C@@H](Cc1ccccc1)C(=O)N[C@H](C(=O)N[C@@H](CC(=O)O)C(=O)N[C@@H](C)C(=O)O)[C@@H](C)O. The molecule has 2 rings (SSSR count). The molecule has 0 saturated heterocycles. The number of hydrogen-bond donors (Lipinski definition) is 14. The third kappa shape index (κ3) is 19.6. The molecule has 0 saturated carbocycles. The largest absolute Gasteiger partial charge is 0.481 e. The van der Waals surface area contributed by atoms with Gasteiger partial charge in [0, 0.05) is 24.7 Å². The highest BCUT2D eigenvalue weighted by atomic mass is 16.4. The molecule has 0 aliphatic carbocycles. The Balaban J connectivity index is 2.41. The summed E-state index contributed by atoms with van der Waals surface area (Å²) >= 11 is 0. The highest BCUT2D eigenvalue weighted by Crippen LogP contribution is 2.12. The quantitative estimate of drug-likeness (QED) is 0.0380. The molecule has 0 aliphatic rings. The number of nitrogens with one attached hydrogen (secondary N) is 9. The Morgan fingerprint density at radius 2 is 1.07 bits per heavy atom. The van der Waals surface area contributed by atoms with E-state index in [1.807, 2.05) is 5.32 Å². The Morgan fingerprint density at radius 3 is 1.57 bits per heavy atom. The molecule has 0 aliphatic heterocycles. The van der Waals surface area contributed by atoms with Gasteiger partial charge in [-0.15, -0.1) is 0 Å². The van der Waals surface area contributed by atoms with E-state index in [-0.39, 0.29) is 31.1 Å². The number of amides is 8. The predicted octanol–water partition coefficient (Wildman–Crippen LogP) is -3.29. The average Bonchev–Trinajstić information content (AvgIpc) is 3.80. The zero-order chi connectivity index (χ0) is 53.0. The van der Waals surface area contributed by atoms with Crippen LogP contribution in [0.2, 0.25) is 0 Å². The minimum absolute atomic E-state index is 0.0919. The maximum Gasteiger partial charge on any atom is 0.325 e. The van der Waals surface area contributed by atoms with Crippen molar-refractivity contribution in [3.8, 4) is 0 Å². The molecule has 25 heteroatoms. The highest BCUT2D eigenvalue weighted by molar-refractivity contribution is 5.99. The van der Waals surface area contributed by atoms with Gasteiger partial charge in [-0.2, -0.15) is 0 Å². The van der Waals surface area contributed by atoms with Crippen LogP contribution in [-0.4, -0.2) is 157 Å². The van der Waals surface area contributed by atoms with E-state index in [0.717, 1.165) is 13.8 Å². The third-order valence-electron chi connectivity index (χ3n) is 10.8. The van der Waals surface area contributed by atoms with Crippen molar-refractivity contribution < 1.29 is 68.4 Å². The zero-order valence-corrected chi connectivity index (χ0v) is 40.5. The average molecular weight is 988 g/mol. The van der Waals surface area contributed by atoms with Crippen LogP contribution in [0.15, 0.2) is 42.9 Å². The van der Waals surface area contributed by atoms with Crippen molar-refractivity contribution in [1.29, 1.82) is 0 Å². The lowest BCUT2D eigenvalue weighted by Gasteiger charge is -2.29. The third-order valence-corrected chi connectivity index (χ3v) is 10.8. The van der Waals surface area contributed by atoms with Gasteiger partial charge in [0.15, 0.2) is 0 Å². The van der Waals surface area contributed by atoms with Crippen molar-refractivity contribution in [2.45, 2.75) is 142 Å². The summed E-state index contributed by atoms with van der Waals surface area (Å²) in [5.74, 6) is -11.5. The van der Waals surface area contributed by atoms with E-state index in [0.29, 0.717) is 11.3 Å². The number of aliphatic carboxylic acids is 2. The predicted molar refractivity (Wildman–Crippen MR) is 249 cm³/mol. The first-order valence-electron chi connectivity index (χ1n) is 22.7. The van der Waals surface area contributed by atoms with Gasteiger partial charge >= 0.3 is 11.9 Å². The van der Waals surface area contributed by atoms with E-state index in [9.17, 15) is 68.4 Å². The molecule has 0 fully saturated rings. The number of carboxylic acid groups (broad SMARTS) is 2. The van der Waals surface area contributed by atoms with Gasteiger partial charge in [-0.1, -0.05) is 71.9 Å². The van der Waals surface area contributed by atoms with Crippen LogP contribution in [-0.2, 0) is 60.8 Å². The van der Waals surface area contributed by atoms with Gasteiger partial charge in [0.05, 0.1) is 31.5 Å². The smallest absolute Gasteiger partial charge is 0.325 e. The number of aromatic nitrogens is 2. The molecule has 0 unspecified atom stereocenters. The summed E-state index contributed by atoms with van der Waals surface area (Å²) < 4.78 is 0. The number of hydrogen-bond acceptors (Lipinski definition) is 14. The van der Waals surface area contributed by atoms with Crippen LogP contribution in [0.1, 0.15) is 79.5 Å². The maximum atomic E-state index is 14.0. The molecule has 1 aromatic heterocycles. The van der Waals surface area contributed by atoms with Gasteiger partial charge in [0.1, 0.15) is 48.3 Å². The van der Waals surface area contributed by atoms with E-state index in [4.69, 9.17) is 5.73 Å². The van der Waals surface area contributed by atoms with Gasteiger partial charge in [0.25, 0.3) is 0 Å². The van der Waals surface area contributed by atoms with Crippen LogP contribution in [0.3, 0.4) is 0 Å². The number of benzene rings is 1. The summed E-state index contributed by atoms with van der Waals surface area (Å²) in [6.07, 6.45) is -0.413. The van der Waals surface area contributed by atoms with Crippen molar-refractivity contribution in [2.75, 3.05) is 6.61 Å². The topological polar surface area (TPSA) is 403 Å². The summed E-state index contributed by atoms with van der Waals surface area (Å²) in [5, 5.41) is 58.8. The fraction of sp³-hybridized carbons (Fsp3) is 0.578. The van der Waals surface area contributed by atoms with Gasteiger partial charge in [-0.3, -0.25) is 47.9 Å². The molecular formula is C45H69N11O14. The van der Waals surface area contributed by atoms with E-state index in [1.54, 1.807) is 71.9 Å². The Kier molecular flexibility index (Phi) is 24.1. The number of nitrogens with zero attached hydrogens (tertiary/aromatic N) is 1. The fourth-order valence-corrected chi connectivity index (χ4v) is 6.63. The van der Waals surface area contributed by atoms with Crippen LogP contribution in [0.4, 0.5) is 0 Å². The molecule has 10 atom stereocenters. The first kappa shape index (κ1) is 59.1. The monoisotopic (exact) mass is 988 g/mol. The second kappa shape index (κ2) is 28.5. The molecule has 70 heavy (non-hydrogen) atoms. The van der Waals surface area contributed by atoms with E-state index < -0.39 is 139 Å². The lowest BCUT2D eigenvalue weighted by molar-refractivity contribution is -0.143. The maximum absolute atomic E-state index is 14.0. The molecule has 0 bridgehead atoms. The molecule has 8 amide bonds. The number of aromatic amines is 1. The summed E-state index contributed by atoms with van der Waals surface area (Å²) in [4.78, 5) is 138. The van der Waals surface area contributed by atoms with Crippen molar-refractivity contribution in [2.24, 2.45) is 23.5 Å². The molecule has 388 valence electrons. The van der Waals surface area contributed by atoms with Crippen LogP contribution >= 0.6 is 0 Å². The summed E-state index contributed by atoms with van der Waals surface area (Å²) in [7, 11) is 0. The number of aliphatic hydroxyl groups is 2. The Bertz CT molecular complexity index is 2100. The molecule has 1 heterocycles. The molecule has 1 aromatic carbocycles. The summed E-state index contributed by atoms with van der Waals surface area (Å²) in [6.45, 7) is 11.6. The van der Waals surface area contributed by atoms with Crippen LogP contribution < -0.4 is 48.3 Å². The normalized spacial score (nSPS) is 15.6. The number of H-pyrrole nitrogens is 1. The minimum Gasteiger partial charge on any atom is -0.481 e. The van der Waals surface area contributed by atoms with Crippen LogP contribution in [0.5, 0.6) is 0 Å². The number of rotatable bonds is 29. The molecule has 25 nitrogen and oxygen atoms in total. The van der Waals surface area contributed by atoms with Crippen molar-refractivity contribution in [3.05, 3.63) is 54.1 Å². The highest BCUT2D eigenvalue weighted by Gasteiger charge is 2.37. The molecule has 15 N–H and O–H groups in total. The lowest BCUT2D eigenvalue weighted by Crippen LogP contribution is -2.62. The summed E-state index contributed by atoms with van der Waals surface area (Å²) in [6, 6.07) is -5.15. The van der Waals surface area contributed by atoms with Gasteiger partial charge in [-0.25, -0.2) is 4.98 Å². The van der Waals surface area contributed by atoms with E-state index >= 15 is 0 Å². The fourth-order valence-electron chi connectivity index (χ4n) is 6.63. The van der Waals surface area contributed by atoms with Crippen molar-refractivity contribution in [1.82, 2.24) is 52.5 Å². The standard InChI is InChI=1S/C45H69N11O14/c1-21(2)14-28(52-43(67)35(23(5)6)55-42(66)34(46)22(3)4)38(62)51-30(16-27-18-47-20-48-27)39(63)54-32(19-57)41(65)50-29(15-26-12-10-9-11-13-26)40(64)56-36(25(8)58)44(68)53-31(17-33(59)60)37(61)49-24(7)45(69)70/h9-13,18,20-25,28-32,34-36,57-58H,14-17,19,46H2,1-8H3,(H,47,48)(H,49,61)(H,50,65)(H,51,62)(H,52,67)(H,53,68)(H,54,63)(H,55,66)(H,56,64)(H,59,60)(H,69,70)/t24-,25+,28-,29-,30-,31-,32-,34-,35-,36-/m0/s1. The number of nitrogens with two attached hydrogens (primary N) is 1. The van der Waals surface area contributed by atoms with E-state index in [2.05, 4.69) is 47.2 Å². The number of carboxylic acids is 2. The van der Waals surface area contributed by atoms with Crippen LogP contribution in [0.25, 0.3) is 0 Å². The molecule has 0 radical (unpaired) electrons. The molecule has 2 aromatic rings. The van der Waals surface area contributed by atoms with Crippen molar-refractivity contribution in [3.63, 3.8) is 0 Å². The minimum atomic E-state index is -1.88. The second-order valence-electron chi connectivity index (χ2n) is 18.0. The number of carbonyl (C=O) groups is 10. The Hall–Kier alpha value is -6.99. The number of carbonyl (C=O) groups excluding carboxylic acids is 8. The summed E-state index contributed by atoms with van der Waals surface area (Å²) in [5.41, 5.74) is 6.85. The Labute approximate surface area is 405 Å². The van der Waals surface area contributed by atoms with Gasteiger partial charge in [-0.05, 0) is 43.6 Å². The molecule has 0 spiro atoms.